The van der Waals surface area contributed by atoms with Gasteiger partial charge in [-0.3, -0.25) is 4.79 Å². The molecule has 1 N–H and O–H groups in total. The molecule has 1 amide bonds. The molecule has 0 unspecified atom stereocenters. The first kappa shape index (κ1) is 34.5. The number of ether oxygens (including phenoxy) is 3. The summed E-state index contributed by atoms with van der Waals surface area (Å²) in [6, 6.07) is 31.3. The number of rotatable bonds is 15. The summed E-state index contributed by atoms with van der Waals surface area (Å²) in [6.45, 7) is 3.75. The average molecular weight is 660 g/mol. The summed E-state index contributed by atoms with van der Waals surface area (Å²) in [5.74, 6) is -1.50. The lowest BCUT2D eigenvalue weighted by molar-refractivity contribution is -0.136. The van der Waals surface area contributed by atoms with E-state index < -0.39 is 17.8 Å². The van der Waals surface area contributed by atoms with E-state index in [0.717, 1.165) is 16.9 Å². The molecule has 5 rings (SSSR count). The first-order valence-corrected chi connectivity index (χ1v) is 15.8. The van der Waals surface area contributed by atoms with Crippen molar-refractivity contribution in [2.45, 2.75) is 6.92 Å². The molecule has 0 aromatic heterocycles. The lowest BCUT2D eigenvalue weighted by Gasteiger charge is -2.19. The number of anilines is 3. The SMILES string of the molecule is CCOCCOCCOC(=O)c1cccc(C(=O)Nc2ccc(C3=NOC(=O)C3=CC=Cc3ccc(N(C)c4ccccc4)cc3)cc2)c1. The van der Waals surface area contributed by atoms with Crippen molar-refractivity contribution in [3.63, 3.8) is 0 Å². The van der Waals surface area contributed by atoms with Crippen LogP contribution < -0.4 is 10.2 Å². The number of allylic oxidation sites excluding steroid dienone is 2. The van der Waals surface area contributed by atoms with Gasteiger partial charge in [-0.1, -0.05) is 65.8 Å². The van der Waals surface area contributed by atoms with Crippen molar-refractivity contribution in [3.8, 4) is 0 Å². The molecule has 10 nitrogen and oxygen atoms in total. The van der Waals surface area contributed by atoms with Gasteiger partial charge in [0, 0.05) is 41.8 Å². The standard InChI is InChI=1S/C39H37N3O7/c1-3-46-23-24-47-25-26-48-38(44)31-11-8-10-30(27-31)37(43)40-32-19-17-29(18-20-32)36-35(39(45)49-41-36)14-7-9-28-15-21-34(22-16-28)42(2)33-12-5-4-6-13-33/h4-22,27H,3,23-26H2,1-2H3,(H,40,43). The molecule has 0 saturated carbocycles. The van der Waals surface area contributed by atoms with Gasteiger partial charge in [-0.05, 0) is 73.2 Å². The second-order valence-electron chi connectivity index (χ2n) is 10.8. The van der Waals surface area contributed by atoms with Crippen molar-refractivity contribution < 1.29 is 33.4 Å². The highest BCUT2D eigenvalue weighted by molar-refractivity contribution is 6.29. The minimum absolute atomic E-state index is 0.0875. The smallest absolute Gasteiger partial charge is 0.368 e. The quantitative estimate of drug-likeness (QED) is 0.0640. The van der Waals surface area contributed by atoms with Crippen LogP contribution in [0.4, 0.5) is 17.1 Å². The summed E-state index contributed by atoms with van der Waals surface area (Å²) in [5.41, 5.74) is 5.51. The van der Waals surface area contributed by atoms with E-state index in [4.69, 9.17) is 19.0 Å². The molecule has 1 heterocycles. The zero-order chi connectivity index (χ0) is 34.4. The minimum atomic E-state index is -0.552. The fraction of sp³-hybridized carbons (Fsp3) is 0.179. The van der Waals surface area contributed by atoms with Gasteiger partial charge in [0.25, 0.3) is 5.91 Å². The summed E-state index contributed by atoms with van der Waals surface area (Å²) < 4.78 is 15.8. The van der Waals surface area contributed by atoms with E-state index in [-0.39, 0.29) is 18.8 Å². The molecule has 0 saturated heterocycles. The number of hydrogen-bond acceptors (Lipinski definition) is 9. The Morgan fingerprint density at radius 2 is 1.51 bits per heavy atom. The number of carbonyl (C=O) groups is 3. The van der Waals surface area contributed by atoms with Gasteiger partial charge in [-0.25, -0.2) is 9.59 Å². The number of nitrogens with one attached hydrogen (secondary N) is 1. The van der Waals surface area contributed by atoms with Gasteiger partial charge in [-0.2, -0.15) is 0 Å². The zero-order valence-electron chi connectivity index (χ0n) is 27.3. The largest absolute Gasteiger partial charge is 0.460 e. The van der Waals surface area contributed by atoms with Crippen molar-refractivity contribution in [1.82, 2.24) is 0 Å². The summed E-state index contributed by atoms with van der Waals surface area (Å²) in [6.07, 6.45) is 5.35. The molecular weight excluding hydrogens is 622 g/mol. The van der Waals surface area contributed by atoms with E-state index in [1.165, 1.54) is 6.07 Å². The van der Waals surface area contributed by atoms with Crippen molar-refractivity contribution >= 4 is 46.7 Å². The number of para-hydroxylation sites is 1. The molecule has 250 valence electrons. The molecule has 0 bridgehead atoms. The van der Waals surface area contributed by atoms with Crippen LogP contribution in [0.2, 0.25) is 0 Å². The average Bonchev–Trinajstić information content (AvgIpc) is 3.51. The summed E-state index contributed by atoms with van der Waals surface area (Å²) in [5, 5.41) is 6.80. The highest BCUT2D eigenvalue weighted by Crippen LogP contribution is 2.24. The zero-order valence-corrected chi connectivity index (χ0v) is 27.3. The molecule has 1 aliphatic rings. The van der Waals surface area contributed by atoms with E-state index in [2.05, 4.69) is 27.5 Å². The van der Waals surface area contributed by atoms with E-state index >= 15 is 0 Å². The fourth-order valence-electron chi connectivity index (χ4n) is 4.85. The van der Waals surface area contributed by atoms with Crippen LogP contribution in [0.5, 0.6) is 0 Å². The van der Waals surface area contributed by atoms with Crippen molar-refractivity contribution in [3.05, 3.63) is 143 Å². The molecule has 0 fully saturated rings. The van der Waals surface area contributed by atoms with Gasteiger partial charge in [0.05, 0.1) is 31.0 Å². The van der Waals surface area contributed by atoms with Crippen LogP contribution >= 0.6 is 0 Å². The highest BCUT2D eigenvalue weighted by atomic mass is 16.7. The van der Waals surface area contributed by atoms with E-state index in [0.29, 0.717) is 47.9 Å². The lowest BCUT2D eigenvalue weighted by Crippen LogP contribution is -2.15. The van der Waals surface area contributed by atoms with Crippen LogP contribution in [0.3, 0.4) is 0 Å². The van der Waals surface area contributed by atoms with Crippen LogP contribution in [0.15, 0.2) is 126 Å². The van der Waals surface area contributed by atoms with Crippen LogP contribution in [0.25, 0.3) is 6.08 Å². The molecule has 1 aliphatic heterocycles. The number of nitrogens with zero attached hydrogens (tertiary/aromatic N) is 2. The fourth-order valence-corrected chi connectivity index (χ4v) is 4.85. The van der Waals surface area contributed by atoms with Gasteiger partial charge in [-0.15, -0.1) is 0 Å². The summed E-state index contributed by atoms with van der Waals surface area (Å²) in [4.78, 5) is 45.0. The van der Waals surface area contributed by atoms with Crippen LogP contribution in [0.1, 0.15) is 38.8 Å². The Morgan fingerprint density at radius 3 is 2.27 bits per heavy atom. The maximum Gasteiger partial charge on any atom is 0.368 e. The van der Waals surface area contributed by atoms with Crippen LogP contribution in [-0.4, -0.2) is 63.6 Å². The third-order valence-electron chi connectivity index (χ3n) is 7.48. The summed E-state index contributed by atoms with van der Waals surface area (Å²) >= 11 is 0. The van der Waals surface area contributed by atoms with E-state index in [1.54, 1.807) is 54.6 Å². The third-order valence-corrected chi connectivity index (χ3v) is 7.48. The van der Waals surface area contributed by atoms with Crippen molar-refractivity contribution in [2.75, 3.05) is 50.3 Å². The lowest BCUT2D eigenvalue weighted by atomic mass is 10.0. The highest BCUT2D eigenvalue weighted by Gasteiger charge is 2.26. The Hall–Kier alpha value is -5.84. The first-order chi connectivity index (χ1) is 23.9. The molecule has 0 atom stereocenters. The van der Waals surface area contributed by atoms with Crippen molar-refractivity contribution in [2.24, 2.45) is 5.16 Å². The molecule has 0 spiro atoms. The first-order valence-electron chi connectivity index (χ1n) is 15.8. The second-order valence-corrected chi connectivity index (χ2v) is 10.8. The van der Waals surface area contributed by atoms with Gasteiger partial charge in [0.2, 0.25) is 0 Å². The molecule has 49 heavy (non-hydrogen) atoms. The molecule has 0 aliphatic carbocycles. The predicted molar refractivity (Wildman–Crippen MR) is 189 cm³/mol. The Labute approximate surface area is 285 Å². The number of carbonyl (C=O) groups excluding carboxylic acids is 3. The summed E-state index contributed by atoms with van der Waals surface area (Å²) in [7, 11) is 2.02. The Bertz CT molecular complexity index is 1830. The van der Waals surface area contributed by atoms with Crippen molar-refractivity contribution in [1.29, 1.82) is 0 Å². The number of benzene rings is 4. The number of hydrogen-bond donors (Lipinski definition) is 1. The molecule has 10 heteroatoms. The normalized spacial score (nSPS) is 13.3. The van der Waals surface area contributed by atoms with Crippen LogP contribution in [0, 0.1) is 0 Å². The monoisotopic (exact) mass is 659 g/mol. The Balaban J connectivity index is 1.15. The van der Waals surface area contributed by atoms with Gasteiger partial charge >= 0.3 is 11.9 Å². The van der Waals surface area contributed by atoms with E-state index in [9.17, 15) is 14.4 Å². The second kappa shape index (κ2) is 17.4. The Kier molecular flexibility index (Phi) is 12.2. The van der Waals surface area contributed by atoms with Gasteiger partial charge in [0.15, 0.2) is 0 Å². The molecule has 0 radical (unpaired) electrons. The number of amides is 1. The molecule has 4 aromatic carbocycles. The topological polar surface area (TPSA) is 116 Å². The Morgan fingerprint density at radius 1 is 0.816 bits per heavy atom. The third kappa shape index (κ3) is 9.60. The van der Waals surface area contributed by atoms with Gasteiger partial charge in [0.1, 0.15) is 12.3 Å². The number of oxime groups is 1. The maximum atomic E-state index is 13.0. The van der Waals surface area contributed by atoms with Gasteiger partial charge < -0.3 is 29.3 Å². The molecule has 4 aromatic rings. The predicted octanol–water partition coefficient (Wildman–Crippen LogP) is 6.82. The maximum absolute atomic E-state index is 13.0. The van der Waals surface area contributed by atoms with Crippen LogP contribution in [-0.2, 0) is 23.8 Å². The minimum Gasteiger partial charge on any atom is -0.460 e. The van der Waals surface area contributed by atoms with E-state index in [1.807, 2.05) is 62.5 Å². The molecular formula is C39H37N3O7. The number of esters is 1.